The molecular weight excluding hydrogens is 336 g/mol. The molecular formula is C23H34N2O2. The van der Waals surface area contributed by atoms with Crippen LogP contribution >= 0.6 is 0 Å². The van der Waals surface area contributed by atoms with Crippen LogP contribution in [0, 0.1) is 18.8 Å². The lowest BCUT2D eigenvalue weighted by Crippen LogP contribution is -2.31. The number of aryl methyl sites for hydroxylation is 1. The minimum Gasteiger partial charge on any atom is -0.475 e. The van der Waals surface area contributed by atoms with Crippen molar-refractivity contribution in [2.75, 3.05) is 26.2 Å². The second-order valence-corrected chi connectivity index (χ2v) is 8.73. The molecule has 2 heterocycles. The second kappa shape index (κ2) is 9.09. The van der Waals surface area contributed by atoms with Crippen molar-refractivity contribution in [2.45, 2.75) is 64.7 Å². The summed E-state index contributed by atoms with van der Waals surface area (Å²) in [5.74, 6) is 2.39. The first-order valence-electron chi connectivity index (χ1n) is 11.0. The molecule has 2 aromatic rings. The van der Waals surface area contributed by atoms with Crippen molar-refractivity contribution in [1.82, 2.24) is 10.1 Å². The van der Waals surface area contributed by atoms with E-state index in [0.29, 0.717) is 5.88 Å². The first-order valence-corrected chi connectivity index (χ1v) is 11.0. The third-order valence-corrected chi connectivity index (χ3v) is 6.54. The van der Waals surface area contributed by atoms with E-state index in [1.54, 1.807) is 0 Å². The van der Waals surface area contributed by atoms with Gasteiger partial charge < -0.3 is 14.2 Å². The maximum atomic E-state index is 5.99. The molecule has 0 bridgehead atoms. The Kier molecular flexibility index (Phi) is 6.33. The lowest BCUT2D eigenvalue weighted by Gasteiger charge is -2.28. The lowest BCUT2D eigenvalue weighted by atomic mass is 9.89. The summed E-state index contributed by atoms with van der Waals surface area (Å²) in [6.45, 7) is 6.73. The molecule has 0 spiro atoms. The number of benzene rings is 1. The van der Waals surface area contributed by atoms with Crippen LogP contribution in [0.25, 0.3) is 11.0 Å². The van der Waals surface area contributed by atoms with Gasteiger partial charge in [0.2, 0.25) is 0 Å². The average Bonchev–Trinajstić information content (AvgIpc) is 2.94. The molecule has 1 saturated carbocycles. The third-order valence-electron chi connectivity index (χ3n) is 6.54. The number of hydrogen-bond donors (Lipinski definition) is 0. The molecule has 148 valence electrons. The summed E-state index contributed by atoms with van der Waals surface area (Å²) in [5, 5.41) is 5.10. The van der Waals surface area contributed by atoms with Crippen molar-refractivity contribution >= 4 is 11.0 Å². The van der Waals surface area contributed by atoms with Gasteiger partial charge >= 0.3 is 0 Å². The molecule has 4 nitrogen and oxygen atoms in total. The van der Waals surface area contributed by atoms with Gasteiger partial charge in [0, 0.05) is 6.54 Å². The van der Waals surface area contributed by atoms with Gasteiger partial charge in [0.15, 0.2) is 5.58 Å². The van der Waals surface area contributed by atoms with Gasteiger partial charge in [-0.2, -0.15) is 0 Å². The van der Waals surface area contributed by atoms with Crippen molar-refractivity contribution < 1.29 is 9.26 Å². The molecule has 0 N–H and O–H groups in total. The summed E-state index contributed by atoms with van der Waals surface area (Å²) >= 11 is 0. The van der Waals surface area contributed by atoms with E-state index in [0.717, 1.165) is 35.8 Å². The molecule has 1 unspecified atom stereocenters. The molecule has 0 radical (unpaired) electrons. The third kappa shape index (κ3) is 5.04. The van der Waals surface area contributed by atoms with Gasteiger partial charge in [-0.15, -0.1) is 0 Å². The molecule has 1 aliphatic heterocycles. The largest absolute Gasteiger partial charge is 0.475 e. The van der Waals surface area contributed by atoms with E-state index in [9.17, 15) is 0 Å². The minimum atomic E-state index is 0.654. The van der Waals surface area contributed by atoms with E-state index in [2.05, 4.69) is 23.0 Å². The highest BCUT2D eigenvalue weighted by Gasteiger charge is 2.21. The van der Waals surface area contributed by atoms with Crippen molar-refractivity contribution in [3.05, 3.63) is 23.8 Å². The smallest absolute Gasteiger partial charge is 0.262 e. The van der Waals surface area contributed by atoms with Crippen LogP contribution in [0.1, 0.15) is 63.4 Å². The summed E-state index contributed by atoms with van der Waals surface area (Å²) in [6.07, 6.45) is 12.4. The molecule has 2 aliphatic rings. The quantitative estimate of drug-likeness (QED) is 0.664. The molecule has 4 rings (SSSR count). The molecule has 0 amide bonds. The monoisotopic (exact) mass is 370 g/mol. The number of rotatable bonds is 6. The summed E-state index contributed by atoms with van der Waals surface area (Å²) in [5.41, 5.74) is 2.01. The normalized spacial score (nSPS) is 22.8. The maximum absolute atomic E-state index is 5.99. The highest BCUT2D eigenvalue weighted by molar-refractivity contribution is 5.82. The number of hydrogen-bond acceptors (Lipinski definition) is 4. The van der Waals surface area contributed by atoms with Crippen LogP contribution in [0.3, 0.4) is 0 Å². The highest BCUT2D eigenvalue weighted by atomic mass is 16.5. The van der Waals surface area contributed by atoms with Gasteiger partial charge in [-0.25, -0.2) is 0 Å². The van der Waals surface area contributed by atoms with Crippen molar-refractivity contribution in [3.8, 4) is 5.88 Å². The van der Waals surface area contributed by atoms with E-state index in [-0.39, 0.29) is 0 Å². The molecule has 1 aromatic heterocycles. The Morgan fingerprint density at radius 1 is 1.04 bits per heavy atom. The predicted octanol–water partition coefficient (Wildman–Crippen LogP) is 5.59. The van der Waals surface area contributed by atoms with Gasteiger partial charge in [0.25, 0.3) is 5.88 Å². The first-order chi connectivity index (χ1) is 13.3. The Morgan fingerprint density at radius 3 is 2.78 bits per heavy atom. The van der Waals surface area contributed by atoms with E-state index in [1.807, 2.05) is 12.1 Å². The molecule has 1 aliphatic carbocycles. The molecule has 1 aromatic carbocycles. The Hall–Kier alpha value is -1.55. The standard InChI is InChI=1S/C23H34N2O2/c1-18-9-10-22-21(16-18)23(24-27-22)26-15-12-19-8-5-13-25(14-11-19)17-20-6-3-2-4-7-20/h9-10,16,19-20H,2-8,11-15,17H2,1H3. The summed E-state index contributed by atoms with van der Waals surface area (Å²) in [6, 6.07) is 6.11. The second-order valence-electron chi connectivity index (χ2n) is 8.73. The Bertz CT molecular complexity index is 720. The number of nitrogens with zero attached hydrogens (tertiary/aromatic N) is 2. The lowest BCUT2D eigenvalue weighted by molar-refractivity contribution is 0.201. The van der Waals surface area contributed by atoms with E-state index in [1.165, 1.54) is 76.6 Å². The number of likely N-dealkylation sites (tertiary alicyclic amines) is 1. The SMILES string of the molecule is Cc1ccc2onc(OCCC3CCCN(CC4CCCCC4)CC3)c2c1. The topological polar surface area (TPSA) is 38.5 Å². The van der Waals surface area contributed by atoms with Gasteiger partial charge in [0.05, 0.1) is 12.0 Å². The average molecular weight is 371 g/mol. The molecule has 2 fully saturated rings. The minimum absolute atomic E-state index is 0.654. The van der Waals surface area contributed by atoms with Crippen LogP contribution in [0.15, 0.2) is 22.7 Å². The highest BCUT2D eigenvalue weighted by Crippen LogP contribution is 2.28. The fourth-order valence-corrected chi connectivity index (χ4v) is 4.89. The first kappa shape index (κ1) is 18.8. The fourth-order valence-electron chi connectivity index (χ4n) is 4.89. The molecule has 1 saturated heterocycles. The number of ether oxygens (including phenoxy) is 1. The Labute approximate surface area is 163 Å². The zero-order valence-electron chi connectivity index (χ0n) is 16.8. The zero-order valence-corrected chi connectivity index (χ0v) is 16.8. The Morgan fingerprint density at radius 2 is 1.89 bits per heavy atom. The van der Waals surface area contributed by atoms with Crippen molar-refractivity contribution in [1.29, 1.82) is 0 Å². The van der Waals surface area contributed by atoms with Crippen LogP contribution in [0.2, 0.25) is 0 Å². The zero-order chi connectivity index (χ0) is 18.5. The van der Waals surface area contributed by atoms with Gasteiger partial charge in [0.1, 0.15) is 0 Å². The number of aromatic nitrogens is 1. The Balaban J connectivity index is 1.22. The predicted molar refractivity (Wildman–Crippen MR) is 109 cm³/mol. The van der Waals surface area contributed by atoms with Crippen molar-refractivity contribution in [2.24, 2.45) is 11.8 Å². The maximum Gasteiger partial charge on any atom is 0.262 e. The molecule has 1 atom stereocenters. The van der Waals surface area contributed by atoms with Crippen LogP contribution in [0.5, 0.6) is 5.88 Å². The molecule has 4 heteroatoms. The molecule has 27 heavy (non-hydrogen) atoms. The fraction of sp³-hybridized carbons (Fsp3) is 0.696. The van der Waals surface area contributed by atoms with E-state index in [4.69, 9.17) is 9.26 Å². The van der Waals surface area contributed by atoms with Crippen molar-refractivity contribution in [3.63, 3.8) is 0 Å². The van der Waals surface area contributed by atoms with E-state index < -0.39 is 0 Å². The van der Waals surface area contributed by atoms with Crippen LogP contribution in [0.4, 0.5) is 0 Å². The summed E-state index contributed by atoms with van der Waals surface area (Å²) < 4.78 is 11.4. The van der Waals surface area contributed by atoms with Gasteiger partial charge in [-0.05, 0) is 87.7 Å². The van der Waals surface area contributed by atoms with Crippen LogP contribution < -0.4 is 4.74 Å². The van der Waals surface area contributed by atoms with Crippen LogP contribution in [-0.4, -0.2) is 36.3 Å². The van der Waals surface area contributed by atoms with Gasteiger partial charge in [-0.3, -0.25) is 0 Å². The number of fused-ring (bicyclic) bond motifs is 1. The summed E-state index contributed by atoms with van der Waals surface area (Å²) in [4.78, 5) is 2.74. The van der Waals surface area contributed by atoms with Crippen LogP contribution in [-0.2, 0) is 0 Å². The van der Waals surface area contributed by atoms with E-state index >= 15 is 0 Å². The van der Waals surface area contributed by atoms with Gasteiger partial charge in [-0.1, -0.05) is 30.9 Å². The summed E-state index contributed by atoms with van der Waals surface area (Å²) in [7, 11) is 0.